The minimum atomic E-state index is -0.195. The van der Waals surface area contributed by atoms with E-state index >= 15 is 0 Å². The van der Waals surface area contributed by atoms with Crippen LogP contribution in [0.5, 0.6) is 5.75 Å². The summed E-state index contributed by atoms with van der Waals surface area (Å²) in [4.78, 5) is 16.5. The van der Waals surface area contributed by atoms with Crippen LogP contribution in [0.25, 0.3) is 6.08 Å². The zero-order chi connectivity index (χ0) is 19.1. The maximum absolute atomic E-state index is 12.1. The van der Waals surface area contributed by atoms with E-state index in [0.29, 0.717) is 23.9 Å². The van der Waals surface area contributed by atoms with Gasteiger partial charge < -0.3 is 10.1 Å². The first-order valence-electron chi connectivity index (χ1n) is 8.44. The Morgan fingerprint density at radius 1 is 1.22 bits per heavy atom. The molecule has 3 rings (SSSR count). The lowest BCUT2D eigenvalue weighted by molar-refractivity contribution is -0.116. The number of thiazole rings is 1. The number of nitrogens with zero attached hydrogens (tertiary/aromatic N) is 1. The molecule has 0 aliphatic carbocycles. The fourth-order valence-electron chi connectivity index (χ4n) is 2.42. The lowest BCUT2D eigenvalue weighted by atomic mass is 10.2. The van der Waals surface area contributed by atoms with Gasteiger partial charge in [-0.3, -0.25) is 4.79 Å². The molecule has 1 amide bonds. The molecular formula is C21H19ClN2O2S. The molecule has 0 saturated heterocycles. The predicted octanol–water partition coefficient (Wildman–Crippen LogP) is 5.01. The van der Waals surface area contributed by atoms with Crippen molar-refractivity contribution in [2.24, 2.45) is 0 Å². The van der Waals surface area contributed by atoms with Gasteiger partial charge in [0, 0.05) is 28.6 Å². The minimum absolute atomic E-state index is 0.195. The highest BCUT2D eigenvalue weighted by atomic mass is 35.5. The molecule has 0 unspecified atom stereocenters. The minimum Gasteiger partial charge on any atom is -0.487 e. The summed E-state index contributed by atoms with van der Waals surface area (Å²) in [7, 11) is 0. The molecule has 1 aromatic heterocycles. The van der Waals surface area contributed by atoms with Crippen LogP contribution in [0.2, 0.25) is 5.02 Å². The third kappa shape index (κ3) is 5.67. The fraction of sp³-hybridized carbons (Fsp3) is 0.143. The number of benzene rings is 2. The number of hydrogen-bond acceptors (Lipinski definition) is 4. The highest BCUT2D eigenvalue weighted by Crippen LogP contribution is 2.21. The van der Waals surface area contributed by atoms with E-state index in [9.17, 15) is 4.79 Å². The number of rotatable bonds is 7. The molecular weight excluding hydrogens is 380 g/mol. The SMILES string of the molecule is Cc1nc(COc2ccccc2/C=C/C(=O)NCc2ccccc2Cl)cs1. The van der Waals surface area contributed by atoms with Crippen molar-refractivity contribution in [2.75, 3.05) is 0 Å². The Labute approximate surface area is 167 Å². The molecule has 138 valence electrons. The van der Waals surface area contributed by atoms with Crippen molar-refractivity contribution >= 4 is 34.9 Å². The van der Waals surface area contributed by atoms with E-state index in [1.165, 1.54) is 6.08 Å². The van der Waals surface area contributed by atoms with Crippen LogP contribution < -0.4 is 10.1 Å². The second-order valence-electron chi connectivity index (χ2n) is 5.83. The summed E-state index contributed by atoms with van der Waals surface area (Å²) < 4.78 is 5.86. The van der Waals surface area contributed by atoms with Crippen LogP contribution in [0.15, 0.2) is 60.0 Å². The van der Waals surface area contributed by atoms with Crippen LogP contribution in [-0.2, 0) is 17.9 Å². The molecule has 27 heavy (non-hydrogen) atoms. The van der Waals surface area contributed by atoms with Crippen LogP contribution in [0.4, 0.5) is 0 Å². The Balaban J connectivity index is 1.59. The molecule has 0 atom stereocenters. The Morgan fingerprint density at radius 3 is 2.78 bits per heavy atom. The first-order chi connectivity index (χ1) is 13.1. The standard InChI is InChI=1S/C21H19ClN2O2S/c1-15-24-18(14-27-15)13-26-20-9-5-3-6-16(20)10-11-21(25)23-12-17-7-2-4-8-19(17)22/h2-11,14H,12-13H2,1H3,(H,23,25)/b11-10+. The van der Waals surface area contributed by atoms with E-state index in [4.69, 9.17) is 16.3 Å². The van der Waals surface area contributed by atoms with Crippen LogP contribution in [0, 0.1) is 6.92 Å². The van der Waals surface area contributed by atoms with Crippen LogP contribution in [0.1, 0.15) is 21.8 Å². The van der Waals surface area contributed by atoms with Crippen LogP contribution in [0.3, 0.4) is 0 Å². The zero-order valence-corrected chi connectivity index (χ0v) is 16.4. The van der Waals surface area contributed by atoms with Gasteiger partial charge in [0.2, 0.25) is 5.91 Å². The van der Waals surface area contributed by atoms with Gasteiger partial charge in [-0.2, -0.15) is 0 Å². The molecule has 0 spiro atoms. The summed E-state index contributed by atoms with van der Waals surface area (Å²) in [6.07, 6.45) is 3.23. The molecule has 1 heterocycles. The molecule has 6 heteroatoms. The Bertz CT molecular complexity index is 953. The number of carbonyl (C=O) groups excluding carboxylic acids is 1. The maximum atomic E-state index is 12.1. The number of hydrogen-bond donors (Lipinski definition) is 1. The van der Waals surface area contributed by atoms with E-state index in [0.717, 1.165) is 21.8 Å². The molecule has 0 aliphatic rings. The average molecular weight is 399 g/mol. The molecule has 2 aromatic carbocycles. The Morgan fingerprint density at radius 2 is 2.00 bits per heavy atom. The number of ether oxygens (including phenoxy) is 1. The number of aromatic nitrogens is 1. The van der Waals surface area contributed by atoms with Crippen molar-refractivity contribution in [3.8, 4) is 5.75 Å². The zero-order valence-electron chi connectivity index (χ0n) is 14.8. The van der Waals surface area contributed by atoms with Crippen molar-refractivity contribution < 1.29 is 9.53 Å². The molecule has 0 saturated carbocycles. The molecule has 0 bridgehead atoms. The maximum Gasteiger partial charge on any atom is 0.244 e. The Kier molecular flexibility index (Phi) is 6.63. The third-order valence-corrected chi connectivity index (χ3v) is 4.98. The largest absolute Gasteiger partial charge is 0.487 e. The van der Waals surface area contributed by atoms with E-state index in [2.05, 4.69) is 10.3 Å². The van der Waals surface area contributed by atoms with Crippen molar-refractivity contribution in [3.05, 3.63) is 86.8 Å². The first-order valence-corrected chi connectivity index (χ1v) is 9.70. The summed E-state index contributed by atoms with van der Waals surface area (Å²) in [5.74, 6) is 0.512. The number of para-hydroxylation sites is 1. The monoisotopic (exact) mass is 398 g/mol. The average Bonchev–Trinajstić information content (AvgIpc) is 3.10. The van der Waals surface area contributed by atoms with Crippen LogP contribution in [-0.4, -0.2) is 10.9 Å². The lowest BCUT2D eigenvalue weighted by Crippen LogP contribution is -2.20. The van der Waals surface area contributed by atoms with E-state index < -0.39 is 0 Å². The molecule has 1 N–H and O–H groups in total. The van der Waals surface area contributed by atoms with Gasteiger partial charge in [-0.1, -0.05) is 48.0 Å². The van der Waals surface area contributed by atoms with E-state index in [1.54, 1.807) is 23.5 Å². The molecule has 4 nitrogen and oxygen atoms in total. The van der Waals surface area contributed by atoms with Crippen molar-refractivity contribution in [2.45, 2.75) is 20.1 Å². The van der Waals surface area contributed by atoms with E-state index in [1.807, 2.05) is 54.8 Å². The smallest absolute Gasteiger partial charge is 0.244 e. The quantitative estimate of drug-likeness (QED) is 0.569. The summed E-state index contributed by atoms with van der Waals surface area (Å²) in [6.45, 7) is 2.74. The normalized spacial score (nSPS) is 10.9. The first kappa shape index (κ1) is 19.1. The van der Waals surface area contributed by atoms with Gasteiger partial charge in [-0.05, 0) is 30.7 Å². The summed E-state index contributed by atoms with van der Waals surface area (Å²) in [5.41, 5.74) is 2.61. The van der Waals surface area contributed by atoms with Gasteiger partial charge in [0.25, 0.3) is 0 Å². The predicted molar refractivity (Wildman–Crippen MR) is 110 cm³/mol. The number of carbonyl (C=O) groups is 1. The highest BCUT2D eigenvalue weighted by Gasteiger charge is 2.05. The van der Waals surface area contributed by atoms with Gasteiger partial charge in [0.1, 0.15) is 12.4 Å². The Hall–Kier alpha value is -2.63. The molecule has 3 aromatic rings. The summed E-state index contributed by atoms with van der Waals surface area (Å²) >= 11 is 7.69. The topological polar surface area (TPSA) is 51.2 Å². The van der Waals surface area contributed by atoms with Crippen molar-refractivity contribution in [1.82, 2.24) is 10.3 Å². The molecule has 0 fully saturated rings. The number of amides is 1. The second kappa shape index (κ2) is 9.35. The van der Waals surface area contributed by atoms with Gasteiger partial charge in [0.15, 0.2) is 0 Å². The lowest BCUT2D eigenvalue weighted by Gasteiger charge is -2.08. The third-order valence-electron chi connectivity index (χ3n) is 3.79. The second-order valence-corrected chi connectivity index (χ2v) is 7.30. The summed E-state index contributed by atoms with van der Waals surface area (Å²) in [5, 5.41) is 6.46. The van der Waals surface area contributed by atoms with Gasteiger partial charge in [0.05, 0.1) is 10.7 Å². The molecule has 0 aliphatic heterocycles. The van der Waals surface area contributed by atoms with Crippen LogP contribution >= 0.6 is 22.9 Å². The van der Waals surface area contributed by atoms with Gasteiger partial charge >= 0.3 is 0 Å². The van der Waals surface area contributed by atoms with Crippen molar-refractivity contribution in [3.63, 3.8) is 0 Å². The van der Waals surface area contributed by atoms with Crippen molar-refractivity contribution in [1.29, 1.82) is 0 Å². The number of halogens is 1. The van der Waals surface area contributed by atoms with E-state index in [-0.39, 0.29) is 5.91 Å². The fourth-order valence-corrected chi connectivity index (χ4v) is 3.22. The van der Waals surface area contributed by atoms with Gasteiger partial charge in [-0.15, -0.1) is 11.3 Å². The number of nitrogens with one attached hydrogen (secondary N) is 1. The number of aryl methyl sites for hydroxylation is 1. The highest BCUT2D eigenvalue weighted by molar-refractivity contribution is 7.09. The van der Waals surface area contributed by atoms with Gasteiger partial charge in [-0.25, -0.2) is 4.98 Å². The molecule has 0 radical (unpaired) electrons. The summed E-state index contributed by atoms with van der Waals surface area (Å²) in [6, 6.07) is 15.0.